The van der Waals surface area contributed by atoms with Crippen LogP contribution in [0.5, 0.6) is 0 Å². The number of unbranched alkanes of at least 4 members (excludes halogenated alkanes) is 13. The third-order valence-corrected chi connectivity index (χ3v) is 5.65. The van der Waals surface area contributed by atoms with Crippen molar-refractivity contribution in [1.29, 1.82) is 0 Å². The molecule has 0 aromatic carbocycles. The highest BCUT2D eigenvalue weighted by Crippen LogP contribution is 2.12. The summed E-state index contributed by atoms with van der Waals surface area (Å²) in [5, 5.41) is 0. The van der Waals surface area contributed by atoms with Gasteiger partial charge in [-0.1, -0.05) is 91.4 Å². The number of allylic oxidation sites excluding steroid dienone is 1. The van der Waals surface area contributed by atoms with Gasteiger partial charge in [0.2, 0.25) is 0 Å². The van der Waals surface area contributed by atoms with Gasteiger partial charge in [-0.25, -0.2) is 0 Å². The standard InChI is InChI=1S/C28H56O4/c1-4-7-10-13-15-18-23-29-27-30-24-19-16-14-17-22-28(31-25-20-11-8-5-2)32-26-21-12-9-6-3/h19,24,28H,4-18,20-23,25-27H2,1-3H3. The summed E-state index contributed by atoms with van der Waals surface area (Å²) in [5.41, 5.74) is 0. The predicted molar refractivity (Wildman–Crippen MR) is 137 cm³/mol. The second-order valence-corrected chi connectivity index (χ2v) is 8.91. The summed E-state index contributed by atoms with van der Waals surface area (Å²) in [6, 6.07) is 0. The summed E-state index contributed by atoms with van der Waals surface area (Å²) in [5.74, 6) is 0. The fourth-order valence-electron chi connectivity index (χ4n) is 3.54. The van der Waals surface area contributed by atoms with Crippen LogP contribution in [0.3, 0.4) is 0 Å². The summed E-state index contributed by atoms with van der Waals surface area (Å²) >= 11 is 0. The molecule has 0 amide bonds. The van der Waals surface area contributed by atoms with Crippen LogP contribution in [0.4, 0.5) is 0 Å². The van der Waals surface area contributed by atoms with E-state index >= 15 is 0 Å². The fourth-order valence-corrected chi connectivity index (χ4v) is 3.54. The molecule has 0 spiro atoms. The maximum atomic E-state index is 6.03. The maximum absolute atomic E-state index is 6.03. The molecule has 0 unspecified atom stereocenters. The van der Waals surface area contributed by atoms with Crippen LogP contribution in [-0.2, 0) is 18.9 Å². The molecular formula is C28H56O4. The van der Waals surface area contributed by atoms with E-state index in [0.717, 1.165) is 64.8 Å². The Balaban J connectivity index is 3.67. The smallest absolute Gasteiger partial charge is 0.188 e. The molecule has 0 aliphatic rings. The van der Waals surface area contributed by atoms with E-state index in [1.807, 2.05) is 0 Å². The predicted octanol–water partition coefficient (Wildman–Crippen LogP) is 8.93. The number of ether oxygens (including phenoxy) is 4. The Kier molecular flexibility index (Phi) is 27.9. The quantitative estimate of drug-likeness (QED) is 0.0702. The lowest BCUT2D eigenvalue weighted by Crippen LogP contribution is -2.19. The first-order valence-electron chi connectivity index (χ1n) is 13.9. The van der Waals surface area contributed by atoms with Crippen molar-refractivity contribution in [2.75, 3.05) is 26.6 Å². The van der Waals surface area contributed by atoms with Crippen LogP contribution in [0.25, 0.3) is 0 Å². The first kappa shape index (κ1) is 31.4. The van der Waals surface area contributed by atoms with E-state index in [0.29, 0.717) is 6.79 Å². The van der Waals surface area contributed by atoms with Crippen LogP contribution in [-0.4, -0.2) is 32.9 Å². The molecule has 0 radical (unpaired) electrons. The summed E-state index contributed by atoms with van der Waals surface area (Å²) in [4.78, 5) is 0. The van der Waals surface area contributed by atoms with Crippen LogP contribution in [0.2, 0.25) is 0 Å². The highest BCUT2D eigenvalue weighted by Gasteiger charge is 2.09. The van der Waals surface area contributed by atoms with Crippen LogP contribution in [0.1, 0.15) is 136 Å². The van der Waals surface area contributed by atoms with E-state index in [4.69, 9.17) is 18.9 Å². The highest BCUT2D eigenvalue weighted by molar-refractivity contribution is 4.72. The van der Waals surface area contributed by atoms with Crippen molar-refractivity contribution in [1.82, 2.24) is 0 Å². The van der Waals surface area contributed by atoms with E-state index in [2.05, 4.69) is 26.8 Å². The molecule has 4 nitrogen and oxygen atoms in total. The molecule has 0 aromatic heterocycles. The van der Waals surface area contributed by atoms with Crippen molar-refractivity contribution >= 4 is 0 Å². The van der Waals surface area contributed by atoms with Gasteiger partial charge in [-0.15, -0.1) is 0 Å². The van der Waals surface area contributed by atoms with Gasteiger partial charge in [-0.05, 0) is 51.0 Å². The molecule has 0 bridgehead atoms. The first-order valence-corrected chi connectivity index (χ1v) is 13.9. The molecule has 0 aliphatic carbocycles. The lowest BCUT2D eigenvalue weighted by atomic mass is 10.1. The zero-order chi connectivity index (χ0) is 23.4. The van der Waals surface area contributed by atoms with Crippen LogP contribution in [0.15, 0.2) is 12.3 Å². The van der Waals surface area contributed by atoms with Gasteiger partial charge in [0.1, 0.15) is 0 Å². The topological polar surface area (TPSA) is 36.9 Å². The van der Waals surface area contributed by atoms with E-state index in [1.54, 1.807) is 6.26 Å². The Morgan fingerprint density at radius 1 is 0.562 bits per heavy atom. The van der Waals surface area contributed by atoms with Crippen molar-refractivity contribution in [2.45, 2.75) is 143 Å². The summed E-state index contributed by atoms with van der Waals surface area (Å²) < 4.78 is 23.0. The maximum Gasteiger partial charge on any atom is 0.188 e. The van der Waals surface area contributed by atoms with Crippen molar-refractivity contribution in [2.24, 2.45) is 0 Å². The van der Waals surface area contributed by atoms with E-state index in [-0.39, 0.29) is 6.29 Å². The molecule has 0 fully saturated rings. The third kappa shape index (κ3) is 25.7. The molecule has 0 rings (SSSR count). The van der Waals surface area contributed by atoms with Crippen molar-refractivity contribution in [3.63, 3.8) is 0 Å². The second kappa shape index (κ2) is 28.5. The van der Waals surface area contributed by atoms with Gasteiger partial charge < -0.3 is 18.9 Å². The average Bonchev–Trinajstić information content (AvgIpc) is 2.80. The Morgan fingerprint density at radius 2 is 1.09 bits per heavy atom. The summed E-state index contributed by atoms with van der Waals surface area (Å²) in [7, 11) is 0. The molecule has 0 atom stereocenters. The van der Waals surface area contributed by atoms with Crippen LogP contribution in [0, 0.1) is 0 Å². The van der Waals surface area contributed by atoms with Gasteiger partial charge in [-0.2, -0.15) is 0 Å². The lowest BCUT2D eigenvalue weighted by Gasteiger charge is -2.18. The SMILES string of the molecule is CCCCCCCCOCOC=CCCCCC(OCCCCCC)OCCCCCC. The third-order valence-electron chi connectivity index (χ3n) is 5.65. The minimum atomic E-state index is -0.0335. The Bertz CT molecular complexity index is 345. The van der Waals surface area contributed by atoms with Gasteiger partial charge >= 0.3 is 0 Å². The summed E-state index contributed by atoms with van der Waals surface area (Å²) in [6.45, 7) is 9.56. The molecule has 4 heteroatoms. The molecule has 0 aromatic rings. The Morgan fingerprint density at radius 3 is 1.72 bits per heavy atom. The minimum Gasteiger partial charge on any atom is -0.475 e. The number of rotatable bonds is 27. The molecule has 0 saturated carbocycles. The van der Waals surface area contributed by atoms with Crippen LogP contribution >= 0.6 is 0 Å². The van der Waals surface area contributed by atoms with Crippen molar-refractivity contribution in [3.8, 4) is 0 Å². The highest BCUT2D eigenvalue weighted by atomic mass is 16.7. The molecule has 0 N–H and O–H groups in total. The van der Waals surface area contributed by atoms with E-state index in [1.165, 1.54) is 70.6 Å². The fraction of sp³-hybridized carbons (Fsp3) is 0.929. The zero-order valence-corrected chi connectivity index (χ0v) is 21.9. The number of hydrogen-bond donors (Lipinski definition) is 0. The minimum absolute atomic E-state index is 0.0335. The number of hydrogen-bond acceptors (Lipinski definition) is 4. The zero-order valence-electron chi connectivity index (χ0n) is 21.9. The van der Waals surface area contributed by atoms with Crippen molar-refractivity contribution < 1.29 is 18.9 Å². The van der Waals surface area contributed by atoms with Gasteiger partial charge in [0.05, 0.1) is 12.9 Å². The Labute approximate surface area is 200 Å². The normalized spacial score (nSPS) is 11.8. The van der Waals surface area contributed by atoms with Gasteiger partial charge in [0.15, 0.2) is 13.1 Å². The monoisotopic (exact) mass is 456 g/mol. The lowest BCUT2D eigenvalue weighted by molar-refractivity contribution is -0.148. The van der Waals surface area contributed by atoms with Crippen LogP contribution < -0.4 is 0 Å². The van der Waals surface area contributed by atoms with Crippen molar-refractivity contribution in [3.05, 3.63) is 12.3 Å². The van der Waals surface area contributed by atoms with Gasteiger partial charge in [-0.3, -0.25) is 0 Å². The van der Waals surface area contributed by atoms with Gasteiger partial charge in [0.25, 0.3) is 0 Å². The largest absolute Gasteiger partial charge is 0.475 e. The molecule has 0 heterocycles. The Hall–Kier alpha value is -0.580. The van der Waals surface area contributed by atoms with E-state index < -0.39 is 0 Å². The first-order chi connectivity index (χ1) is 15.8. The molecule has 32 heavy (non-hydrogen) atoms. The van der Waals surface area contributed by atoms with Gasteiger partial charge in [0, 0.05) is 13.2 Å². The molecule has 0 saturated heterocycles. The molecule has 192 valence electrons. The summed E-state index contributed by atoms with van der Waals surface area (Å²) in [6.07, 6.45) is 25.8. The second-order valence-electron chi connectivity index (χ2n) is 8.91. The average molecular weight is 457 g/mol. The molecule has 0 aliphatic heterocycles. The molecular weight excluding hydrogens is 400 g/mol. The van der Waals surface area contributed by atoms with E-state index in [9.17, 15) is 0 Å².